The second kappa shape index (κ2) is 7.37. The van der Waals surface area contributed by atoms with Crippen molar-refractivity contribution in [1.29, 1.82) is 0 Å². The van der Waals surface area contributed by atoms with E-state index in [-0.39, 0.29) is 0 Å². The van der Waals surface area contributed by atoms with Crippen molar-refractivity contribution in [3.8, 4) is 0 Å². The Balaban J connectivity index is 1.87. The smallest absolute Gasteiger partial charge is 0.185 e. The van der Waals surface area contributed by atoms with E-state index >= 15 is 0 Å². The molecule has 0 aliphatic heterocycles. The summed E-state index contributed by atoms with van der Waals surface area (Å²) < 4.78 is 0. The van der Waals surface area contributed by atoms with E-state index in [1.807, 2.05) is 60.7 Å². The molecule has 0 spiro atoms. The molecule has 0 fully saturated rings. The minimum absolute atomic E-state index is 0.402. The standard InChI is InChI=1S/C15H15N3OS/c19-11-14(12-7-3-1-4-8-12)17-18-15(20)16-13-9-5-2-6-10-13/h1-11,14,17H,(H2,16,18,20). The number of hydrogen-bond donors (Lipinski definition) is 3. The van der Waals surface area contributed by atoms with Gasteiger partial charge >= 0.3 is 0 Å². The van der Waals surface area contributed by atoms with Crippen LogP contribution in [0.5, 0.6) is 0 Å². The van der Waals surface area contributed by atoms with Gasteiger partial charge in [0.15, 0.2) is 5.11 Å². The van der Waals surface area contributed by atoms with Gasteiger partial charge in [-0.1, -0.05) is 48.5 Å². The molecular weight excluding hydrogens is 270 g/mol. The summed E-state index contributed by atoms with van der Waals surface area (Å²) in [6.45, 7) is 0. The highest BCUT2D eigenvalue weighted by Crippen LogP contribution is 2.09. The molecule has 0 amide bonds. The Bertz CT molecular complexity index is 560. The molecule has 0 aliphatic carbocycles. The van der Waals surface area contributed by atoms with Crippen molar-refractivity contribution in [2.24, 2.45) is 0 Å². The Morgan fingerprint density at radius 2 is 1.60 bits per heavy atom. The van der Waals surface area contributed by atoms with Gasteiger partial charge < -0.3 is 10.1 Å². The van der Waals surface area contributed by atoms with Crippen LogP contribution in [0.3, 0.4) is 0 Å². The van der Waals surface area contributed by atoms with Gasteiger partial charge in [0, 0.05) is 5.69 Å². The number of hydrogen-bond acceptors (Lipinski definition) is 3. The van der Waals surface area contributed by atoms with Crippen molar-refractivity contribution in [3.05, 3.63) is 66.2 Å². The number of carbonyl (C=O) groups excluding carboxylic acids is 1. The lowest BCUT2D eigenvalue weighted by Gasteiger charge is -2.16. The number of thiocarbonyl (C=S) groups is 1. The van der Waals surface area contributed by atoms with Gasteiger partial charge in [-0.05, 0) is 29.9 Å². The van der Waals surface area contributed by atoms with Gasteiger partial charge in [0.2, 0.25) is 0 Å². The van der Waals surface area contributed by atoms with E-state index in [0.29, 0.717) is 5.11 Å². The molecule has 0 aliphatic rings. The molecule has 0 radical (unpaired) electrons. The zero-order chi connectivity index (χ0) is 14.2. The molecule has 0 bridgehead atoms. The van der Waals surface area contributed by atoms with Crippen LogP contribution >= 0.6 is 12.2 Å². The lowest BCUT2D eigenvalue weighted by atomic mass is 10.1. The number of aldehydes is 1. The fourth-order valence-corrected chi connectivity index (χ4v) is 1.86. The SMILES string of the molecule is O=CC(NNC(=S)Nc1ccccc1)c1ccccc1. The highest BCUT2D eigenvalue weighted by atomic mass is 32.1. The molecule has 0 saturated heterocycles. The topological polar surface area (TPSA) is 53.2 Å². The minimum atomic E-state index is -0.452. The summed E-state index contributed by atoms with van der Waals surface area (Å²) in [7, 11) is 0. The summed E-state index contributed by atoms with van der Waals surface area (Å²) in [6, 6.07) is 18.5. The Hall–Kier alpha value is -2.24. The molecule has 3 N–H and O–H groups in total. The van der Waals surface area contributed by atoms with Crippen molar-refractivity contribution in [2.45, 2.75) is 6.04 Å². The van der Waals surface area contributed by atoms with Crippen LogP contribution in [0.2, 0.25) is 0 Å². The Kier molecular flexibility index (Phi) is 5.23. The van der Waals surface area contributed by atoms with Gasteiger partial charge in [0.05, 0.1) is 0 Å². The van der Waals surface area contributed by atoms with Crippen LogP contribution in [0, 0.1) is 0 Å². The second-order valence-electron chi connectivity index (χ2n) is 4.11. The summed E-state index contributed by atoms with van der Waals surface area (Å²) in [5.74, 6) is 0. The fraction of sp³-hybridized carbons (Fsp3) is 0.0667. The molecule has 2 aromatic carbocycles. The van der Waals surface area contributed by atoms with E-state index in [1.165, 1.54) is 0 Å². The van der Waals surface area contributed by atoms with Gasteiger partial charge in [-0.25, -0.2) is 5.43 Å². The average molecular weight is 285 g/mol. The number of rotatable bonds is 5. The van der Waals surface area contributed by atoms with Crippen LogP contribution in [-0.2, 0) is 4.79 Å². The average Bonchev–Trinajstić information content (AvgIpc) is 2.50. The third kappa shape index (κ3) is 4.15. The number of hydrazine groups is 1. The molecule has 1 atom stereocenters. The normalized spacial score (nSPS) is 11.4. The lowest BCUT2D eigenvalue weighted by Crippen LogP contribution is -2.42. The maximum Gasteiger partial charge on any atom is 0.185 e. The summed E-state index contributed by atoms with van der Waals surface area (Å²) in [6.07, 6.45) is 0.827. The molecule has 2 rings (SSSR count). The highest BCUT2D eigenvalue weighted by molar-refractivity contribution is 7.80. The van der Waals surface area contributed by atoms with Gasteiger partial charge in [-0.15, -0.1) is 0 Å². The largest absolute Gasteiger partial charge is 0.332 e. The van der Waals surface area contributed by atoms with Crippen molar-refractivity contribution in [1.82, 2.24) is 10.9 Å². The van der Waals surface area contributed by atoms with Crippen molar-refractivity contribution in [2.75, 3.05) is 5.32 Å². The molecular formula is C15H15N3OS. The van der Waals surface area contributed by atoms with Crippen LogP contribution < -0.4 is 16.2 Å². The quantitative estimate of drug-likeness (QED) is 0.447. The Labute approximate surface area is 123 Å². The van der Waals surface area contributed by atoms with E-state index in [4.69, 9.17) is 12.2 Å². The first-order chi connectivity index (χ1) is 9.79. The number of carbonyl (C=O) groups is 1. The first kappa shape index (κ1) is 14.2. The third-order valence-corrected chi connectivity index (χ3v) is 2.87. The third-order valence-electron chi connectivity index (χ3n) is 2.67. The summed E-state index contributed by atoms with van der Waals surface area (Å²) >= 11 is 5.15. The van der Waals surface area contributed by atoms with Crippen LogP contribution in [0.25, 0.3) is 0 Å². The molecule has 0 saturated carbocycles. The zero-order valence-corrected chi connectivity index (χ0v) is 11.6. The zero-order valence-electron chi connectivity index (χ0n) is 10.7. The number of anilines is 1. The van der Waals surface area contributed by atoms with E-state index in [0.717, 1.165) is 17.5 Å². The Morgan fingerprint density at radius 1 is 1.00 bits per heavy atom. The van der Waals surface area contributed by atoms with Crippen LogP contribution in [0.4, 0.5) is 5.69 Å². The fourth-order valence-electron chi connectivity index (χ4n) is 1.68. The van der Waals surface area contributed by atoms with E-state index in [2.05, 4.69) is 16.2 Å². The van der Waals surface area contributed by atoms with Crippen molar-refractivity contribution < 1.29 is 4.79 Å². The van der Waals surface area contributed by atoms with Crippen molar-refractivity contribution >= 4 is 29.3 Å². The van der Waals surface area contributed by atoms with Gasteiger partial charge in [0.25, 0.3) is 0 Å². The van der Waals surface area contributed by atoms with Crippen molar-refractivity contribution in [3.63, 3.8) is 0 Å². The molecule has 0 heterocycles. The summed E-state index contributed by atoms with van der Waals surface area (Å²) in [5.41, 5.74) is 7.46. The number of benzene rings is 2. The highest BCUT2D eigenvalue weighted by Gasteiger charge is 2.09. The van der Waals surface area contributed by atoms with Crippen LogP contribution in [-0.4, -0.2) is 11.4 Å². The summed E-state index contributed by atoms with van der Waals surface area (Å²) in [5, 5.41) is 3.42. The maximum atomic E-state index is 11.1. The number of nitrogens with one attached hydrogen (secondary N) is 3. The molecule has 2 aromatic rings. The molecule has 102 valence electrons. The molecule has 20 heavy (non-hydrogen) atoms. The van der Waals surface area contributed by atoms with E-state index in [1.54, 1.807) is 0 Å². The van der Waals surface area contributed by atoms with E-state index < -0.39 is 6.04 Å². The second-order valence-corrected chi connectivity index (χ2v) is 4.52. The van der Waals surface area contributed by atoms with E-state index in [9.17, 15) is 4.79 Å². The Morgan fingerprint density at radius 3 is 2.20 bits per heavy atom. The predicted octanol–water partition coefficient (Wildman–Crippen LogP) is 2.42. The maximum absolute atomic E-state index is 11.1. The van der Waals surface area contributed by atoms with Gasteiger partial charge in [-0.3, -0.25) is 5.43 Å². The monoisotopic (exact) mass is 285 g/mol. The van der Waals surface area contributed by atoms with Crippen LogP contribution in [0.1, 0.15) is 11.6 Å². The summed E-state index contributed by atoms with van der Waals surface area (Å²) in [4.78, 5) is 11.1. The predicted molar refractivity (Wildman–Crippen MR) is 84.2 cm³/mol. The minimum Gasteiger partial charge on any atom is -0.332 e. The lowest BCUT2D eigenvalue weighted by molar-refractivity contribution is -0.109. The molecule has 1 unspecified atom stereocenters. The first-order valence-corrected chi connectivity index (χ1v) is 6.58. The number of para-hydroxylation sites is 1. The molecule has 0 aromatic heterocycles. The van der Waals surface area contributed by atoms with Gasteiger partial charge in [-0.2, -0.15) is 0 Å². The molecule has 4 nitrogen and oxygen atoms in total. The van der Waals surface area contributed by atoms with Gasteiger partial charge in [0.1, 0.15) is 12.3 Å². The first-order valence-electron chi connectivity index (χ1n) is 6.17. The molecule has 5 heteroatoms. The van der Waals surface area contributed by atoms with Crippen LogP contribution in [0.15, 0.2) is 60.7 Å².